The van der Waals surface area contributed by atoms with Gasteiger partial charge in [0.25, 0.3) is 5.91 Å². The van der Waals surface area contributed by atoms with Crippen molar-refractivity contribution in [1.29, 1.82) is 0 Å². The maximum Gasteiger partial charge on any atom is 0.257 e. The number of aryl methyl sites for hydroxylation is 1. The van der Waals surface area contributed by atoms with Crippen molar-refractivity contribution < 1.29 is 19.0 Å². The van der Waals surface area contributed by atoms with Crippen LogP contribution in [0.5, 0.6) is 5.75 Å². The monoisotopic (exact) mass is 423 g/mol. The number of rotatable bonds is 5. The molecular formula is C26H33NO4. The van der Waals surface area contributed by atoms with Crippen LogP contribution in [-0.2, 0) is 9.47 Å². The standard InChI is InChI=1S/C26H33NO4/c1-4-30-21-17-23(20-10-6-5-7-11-20)31-26(18-21)13-15-27(16-14-26)25(28)24-19(2)9-8-12-22(24)29-3/h5-12,21,23H,4,13-18H2,1-3H3. The Labute approximate surface area is 185 Å². The van der Waals surface area contributed by atoms with Crippen LogP contribution in [0.15, 0.2) is 48.5 Å². The van der Waals surface area contributed by atoms with Crippen molar-refractivity contribution >= 4 is 5.91 Å². The highest BCUT2D eigenvalue weighted by Gasteiger charge is 2.45. The summed E-state index contributed by atoms with van der Waals surface area (Å²) in [7, 11) is 1.62. The first-order valence-electron chi connectivity index (χ1n) is 11.3. The molecule has 5 nitrogen and oxygen atoms in total. The zero-order valence-corrected chi connectivity index (χ0v) is 18.8. The third-order valence-corrected chi connectivity index (χ3v) is 6.67. The molecule has 1 spiro atoms. The molecule has 2 heterocycles. The Hall–Kier alpha value is -2.37. The van der Waals surface area contributed by atoms with Crippen molar-refractivity contribution in [3.05, 3.63) is 65.2 Å². The van der Waals surface area contributed by atoms with Crippen LogP contribution in [0.1, 0.15) is 60.2 Å². The van der Waals surface area contributed by atoms with Crippen LogP contribution in [0.2, 0.25) is 0 Å². The number of piperidine rings is 1. The van der Waals surface area contributed by atoms with Crippen molar-refractivity contribution in [2.24, 2.45) is 0 Å². The van der Waals surface area contributed by atoms with Gasteiger partial charge in [0, 0.05) is 32.5 Å². The van der Waals surface area contributed by atoms with Crippen molar-refractivity contribution in [3.63, 3.8) is 0 Å². The maximum atomic E-state index is 13.3. The van der Waals surface area contributed by atoms with E-state index in [0.717, 1.165) is 31.2 Å². The van der Waals surface area contributed by atoms with Crippen molar-refractivity contribution in [2.45, 2.75) is 57.3 Å². The van der Waals surface area contributed by atoms with E-state index in [-0.39, 0.29) is 23.7 Å². The second-order valence-corrected chi connectivity index (χ2v) is 8.66. The van der Waals surface area contributed by atoms with Gasteiger partial charge in [-0.3, -0.25) is 4.79 Å². The predicted molar refractivity (Wildman–Crippen MR) is 121 cm³/mol. The summed E-state index contributed by atoms with van der Waals surface area (Å²) in [6.45, 7) is 6.08. The van der Waals surface area contributed by atoms with Crippen LogP contribution in [0.25, 0.3) is 0 Å². The van der Waals surface area contributed by atoms with E-state index in [2.05, 4.69) is 31.2 Å². The highest BCUT2D eigenvalue weighted by Crippen LogP contribution is 2.44. The molecule has 2 aliphatic heterocycles. The number of nitrogens with zero attached hydrogens (tertiary/aromatic N) is 1. The molecule has 2 unspecified atom stereocenters. The van der Waals surface area contributed by atoms with Crippen LogP contribution < -0.4 is 4.74 Å². The Morgan fingerprint density at radius 1 is 1.13 bits per heavy atom. The highest BCUT2D eigenvalue weighted by atomic mass is 16.5. The fourth-order valence-corrected chi connectivity index (χ4v) is 5.05. The molecule has 0 aliphatic carbocycles. The quantitative estimate of drug-likeness (QED) is 0.684. The summed E-state index contributed by atoms with van der Waals surface area (Å²) in [4.78, 5) is 15.3. The first kappa shape index (κ1) is 21.8. The van der Waals surface area contributed by atoms with Gasteiger partial charge in [-0.05, 0) is 43.9 Å². The van der Waals surface area contributed by atoms with Gasteiger partial charge in [-0.25, -0.2) is 0 Å². The van der Waals surface area contributed by atoms with Crippen LogP contribution in [-0.4, -0.2) is 49.3 Å². The Morgan fingerprint density at radius 2 is 1.87 bits per heavy atom. The summed E-state index contributed by atoms with van der Waals surface area (Å²) in [5, 5.41) is 0. The molecule has 2 atom stereocenters. The minimum Gasteiger partial charge on any atom is -0.496 e. The summed E-state index contributed by atoms with van der Waals surface area (Å²) in [5.74, 6) is 0.682. The normalized spacial score (nSPS) is 23.0. The molecule has 31 heavy (non-hydrogen) atoms. The number of likely N-dealkylation sites (tertiary alicyclic amines) is 1. The van der Waals surface area contributed by atoms with E-state index in [9.17, 15) is 4.79 Å². The number of benzene rings is 2. The minimum atomic E-state index is -0.245. The van der Waals surface area contributed by atoms with Crippen LogP contribution in [0.4, 0.5) is 0 Å². The topological polar surface area (TPSA) is 48.0 Å². The molecule has 0 saturated carbocycles. The zero-order valence-electron chi connectivity index (χ0n) is 18.8. The van der Waals surface area contributed by atoms with E-state index in [1.165, 1.54) is 5.56 Å². The number of hydrogen-bond donors (Lipinski definition) is 0. The summed E-state index contributed by atoms with van der Waals surface area (Å²) < 4.78 is 18.3. The average molecular weight is 424 g/mol. The fraction of sp³-hybridized carbons (Fsp3) is 0.500. The van der Waals surface area contributed by atoms with Crippen molar-refractivity contribution in [3.8, 4) is 5.75 Å². The van der Waals surface area contributed by atoms with Gasteiger partial charge in [-0.2, -0.15) is 0 Å². The summed E-state index contributed by atoms with van der Waals surface area (Å²) in [6.07, 6.45) is 3.62. The van der Waals surface area contributed by atoms with Crippen molar-refractivity contribution in [2.75, 3.05) is 26.8 Å². The molecule has 0 N–H and O–H groups in total. The maximum absolute atomic E-state index is 13.3. The van der Waals surface area contributed by atoms with E-state index in [0.29, 0.717) is 31.0 Å². The van der Waals surface area contributed by atoms with Crippen LogP contribution in [0, 0.1) is 6.92 Å². The molecule has 5 heteroatoms. The smallest absolute Gasteiger partial charge is 0.257 e. The Kier molecular flexibility index (Phi) is 6.63. The second-order valence-electron chi connectivity index (χ2n) is 8.66. The van der Waals surface area contributed by atoms with E-state index in [1.54, 1.807) is 7.11 Å². The van der Waals surface area contributed by atoms with E-state index in [4.69, 9.17) is 14.2 Å². The lowest BCUT2D eigenvalue weighted by Crippen LogP contribution is -2.52. The molecule has 1 amide bonds. The lowest BCUT2D eigenvalue weighted by molar-refractivity contribution is -0.190. The predicted octanol–water partition coefficient (Wildman–Crippen LogP) is 4.94. The van der Waals surface area contributed by atoms with Gasteiger partial charge < -0.3 is 19.1 Å². The molecule has 2 aliphatic rings. The lowest BCUT2D eigenvalue weighted by atomic mass is 9.80. The molecule has 4 rings (SSSR count). The van der Waals surface area contributed by atoms with Crippen molar-refractivity contribution in [1.82, 2.24) is 4.90 Å². The van der Waals surface area contributed by atoms with Gasteiger partial charge >= 0.3 is 0 Å². The first-order chi connectivity index (χ1) is 15.0. The zero-order chi connectivity index (χ0) is 21.8. The third-order valence-electron chi connectivity index (χ3n) is 6.67. The summed E-state index contributed by atoms with van der Waals surface area (Å²) in [5.41, 5.74) is 2.57. The number of hydrogen-bond acceptors (Lipinski definition) is 4. The number of ether oxygens (including phenoxy) is 3. The summed E-state index contributed by atoms with van der Waals surface area (Å²) in [6, 6.07) is 16.2. The minimum absolute atomic E-state index is 0.0326. The van der Waals surface area contributed by atoms with E-state index in [1.807, 2.05) is 36.1 Å². The van der Waals surface area contributed by atoms with Gasteiger partial charge in [0.2, 0.25) is 0 Å². The van der Waals surface area contributed by atoms with Gasteiger partial charge in [-0.15, -0.1) is 0 Å². The number of carbonyl (C=O) groups is 1. The van der Waals surface area contributed by atoms with Gasteiger partial charge in [0.1, 0.15) is 5.75 Å². The van der Waals surface area contributed by atoms with Crippen LogP contribution >= 0.6 is 0 Å². The summed E-state index contributed by atoms with van der Waals surface area (Å²) >= 11 is 0. The molecule has 2 fully saturated rings. The molecule has 2 aromatic carbocycles. The molecule has 0 bridgehead atoms. The van der Waals surface area contributed by atoms with E-state index < -0.39 is 0 Å². The fourth-order valence-electron chi connectivity index (χ4n) is 5.05. The molecule has 0 aromatic heterocycles. The third kappa shape index (κ3) is 4.63. The largest absolute Gasteiger partial charge is 0.496 e. The molecule has 2 aromatic rings. The number of methoxy groups -OCH3 is 1. The Morgan fingerprint density at radius 3 is 2.55 bits per heavy atom. The van der Waals surface area contributed by atoms with E-state index >= 15 is 0 Å². The second kappa shape index (κ2) is 9.41. The molecule has 2 saturated heterocycles. The van der Waals surface area contributed by atoms with Gasteiger partial charge in [-0.1, -0.05) is 42.5 Å². The molecular weight excluding hydrogens is 390 g/mol. The number of amides is 1. The lowest BCUT2D eigenvalue weighted by Gasteiger charge is -2.49. The average Bonchev–Trinajstić information content (AvgIpc) is 2.79. The highest BCUT2D eigenvalue weighted by molar-refractivity contribution is 5.98. The van der Waals surface area contributed by atoms with Gasteiger partial charge in [0.15, 0.2) is 0 Å². The van der Waals surface area contributed by atoms with Crippen LogP contribution in [0.3, 0.4) is 0 Å². The SMILES string of the molecule is CCOC1CC(c2ccccc2)OC2(CCN(C(=O)c3c(C)cccc3OC)CC2)C1. The molecule has 166 valence electrons. The molecule has 0 radical (unpaired) electrons. The Bertz CT molecular complexity index is 890. The first-order valence-corrected chi connectivity index (χ1v) is 11.3. The van der Waals surface area contributed by atoms with Gasteiger partial charge in [0.05, 0.1) is 30.5 Å². The number of carbonyl (C=O) groups excluding carboxylic acids is 1. The Balaban J connectivity index is 1.50.